The van der Waals surface area contributed by atoms with Gasteiger partial charge in [-0.2, -0.15) is 4.80 Å². The smallest absolute Gasteiger partial charge is 0.188 e. The fourth-order valence-electron chi connectivity index (χ4n) is 2.42. The van der Waals surface area contributed by atoms with E-state index in [1.54, 1.807) is 7.05 Å². The third kappa shape index (κ3) is 2.06. The molecule has 6 heteroatoms. The Kier molecular flexibility index (Phi) is 2.71. The molecule has 3 rings (SSSR count). The first kappa shape index (κ1) is 11.2. The van der Waals surface area contributed by atoms with Gasteiger partial charge in [-0.25, -0.2) is 0 Å². The zero-order valence-electron chi connectivity index (χ0n) is 10.4. The van der Waals surface area contributed by atoms with Crippen molar-refractivity contribution in [2.45, 2.75) is 19.5 Å². The lowest BCUT2D eigenvalue weighted by atomic mass is 9.98. The first-order valence-electron chi connectivity index (χ1n) is 6.04. The van der Waals surface area contributed by atoms with Gasteiger partial charge in [0.1, 0.15) is 0 Å². The Bertz CT molecular complexity index is 561. The van der Waals surface area contributed by atoms with E-state index >= 15 is 0 Å². The van der Waals surface area contributed by atoms with E-state index in [9.17, 15) is 0 Å². The zero-order chi connectivity index (χ0) is 12.5. The molecule has 6 nitrogen and oxygen atoms in total. The van der Waals surface area contributed by atoms with Crippen LogP contribution in [0, 0.1) is 0 Å². The summed E-state index contributed by atoms with van der Waals surface area (Å²) in [6.45, 7) is 2.63. The van der Waals surface area contributed by atoms with E-state index < -0.39 is 0 Å². The first-order chi connectivity index (χ1) is 8.72. The molecule has 0 atom stereocenters. The molecule has 1 aromatic carbocycles. The number of rotatable bonds is 2. The van der Waals surface area contributed by atoms with Gasteiger partial charge < -0.3 is 5.73 Å². The molecular weight excluding hydrogens is 228 g/mol. The van der Waals surface area contributed by atoms with E-state index in [1.807, 2.05) is 12.1 Å². The van der Waals surface area contributed by atoms with E-state index in [1.165, 1.54) is 15.9 Å². The Morgan fingerprint density at radius 1 is 1.39 bits per heavy atom. The highest BCUT2D eigenvalue weighted by Gasteiger charge is 2.19. The van der Waals surface area contributed by atoms with Crippen LogP contribution >= 0.6 is 0 Å². The molecule has 0 unspecified atom stereocenters. The van der Waals surface area contributed by atoms with Crippen LogP contribution in [0.15, 0.2) is 18.2 Å². The van der Waals surface area contributed by atoms with Crippen molar-refractivity contribution < 1.29 is 0 Å². The van der Waals surface area contributed by atoms with Gasteiger partial charge in [-0.15, -0.1) is 10.2 Å². The summed E-state index contributed by atoms with van der Waals surface area (Å²) in [6.07, 6.45) is 0.988. The number of aryl methyl sites for hydroxylation is 1. The summed E-state index contributed by atoms with van der Waals surface area (Å²) < 4.78 is 0. The molecular formula is C12H16N6. The molecule has 1 aromatic heterocycles. The molecule has 0 fully saturated rings. The van der Waals surface area contributed by atoms with Gasteiger partial charge >= 0.3 is 0 Å². The normalized spacial score (nSPS) is 15.6. The van der Waals surface area contributed by atoms with Crippen LogP contribution in [-0.4, -0.2) is 31.7 Å². The second-order valence-corrected chi connectivity index (χ2v) is 4.64. The summed E-state index contributed by atoms with van der Waals surface area (Å²) in [5.74, 6) is 0.768. The van der Waals surface area contributed by atoms with Crippen molar-refractivity contribution >= 4 is 5.69 Å². The van der Waals surface area contributed by atoms with Gasteiger partial charge in [0.15, 0.2) is 5.82 Å². The van der Waals surface area contributed by atoms with Gasteiger partial charge in [0, 0.05) is 18.8 Å². The Balaban J connectivity index is 1.75. The number of nitrogens with two attached hydrogens (primary N) is 1. The highest BCUT2D eigenvalue weighted by molar-refractivity contribution is 5.51. The topological polar surface area (TPSA) is 72.9 Å². The van der Waals surface area contributed by atoms with Crippen LogP contribution in [0.25, 0.3) is 0 Å². The van der Waals surface area contributed by atoms with Gasteiger partial charge in [0.25, 0.3) is 0 Å². The second-order valence-electron chi connectivity index (χ2n) is 4.64. The summed E-state index contributed by atoms with van der Waals surface area (Å²) in [7, 11) is 1.78. The van der Waals surface area contributed by atoms with Crippen molar-refractivity contribution in [3.05, 3.63) is 35.2 Å². The van der Waals surface area contributed by atoms with Crippen LogP contribution in [0.3, 0.4) is 0 Å². The Morgan fingerprint density at radius 2 is 2.28 bits per heavy atom. The van der Waals surface area contributed by atoms with Crippen LogP contribution in [0.5, 0.6) is 0 Å². The van der Waals surface area contributed by atoms with Crippen molar-refractivity contribution in [1.29, 1.82) is 0 Å². The number of anilines is 1. The fraction of sp³-hybridized carbons (Fsp3) is 0.417. The standard InChI is InChI=1S/C12H16N6/c1-17-15-12(14-16-17)8-18-6-5-10-9(7-18)3-2-4-11(10)13/h2-4H,5-8,13H2,1H3. The van der Waals surface area contributed by atoms with Crippen molar-refractivity contribution in [2.24, 2.45) is 7.05 Å². The quantitative estimate of drug-likeness (QED) is 0.772. The Hall–Kier alpha value is -1.95. The van der Waals surface area contributed by atoms with Gasteiger partial charge in [-0.05, 0) is 28.8 Å². The van der Waals surface area contributed by atoms with Crippen LogP contribution in [0.4, 0.5) is 5.69 Å². The number of nitrogens with zero attached hydrogens (tertiary/aromatic N) is 5. The van der Waals surface area contributed by atoms with E-state index in [2.05, 4.69) is 26.4 Å². The van der Waals surface area contributed by atoms with Crippen LogP contribution < -0.4 is 5.73 Å². The van der Waals surface area contributed by atoms with Crippen molar-refractivity contribution in [3.8, 4) is 0 Å². The summed E-state index contributed by atoms with van der Waals surface area (Å²) in [4.78, 5) is 3.81. The largest absolute Gasteiger partial charge is 0.398 e. The lowest BCUT2D eigenvalue weighted by Gasteiger charge is -2.28. The number of nitrogen functional groups attached to an aromatic ring is 1. The summed E-state index contributed by atoms with van der Waals surface area (Å²) in [5.41, 5.74) is 9.50. The predicted molar refractivity (Wildman–Crippen MR) is 67.5 cm³/mol. The highest BCUT2D eigenvalue weighted by atomic mass is 15.6. The lowest BCUT2D eigenvalue weighted by molar-refractivity contribution is 0.239. The molecule has 94 valence electrons. The van der Waals surface area contributed by atoms with Crippen LogP contribution in [-0.2, 0) is 26.6 Å². The molecule has 0 bridgehead atoms. The number of fused-ring (bicyclic) bond motifs is 1. The minimum absolute atomic E-state index is 0.738. The second kappa shape index (κ2) is 4.38. The predicted octanol–water partition coefficient (Wildman–Crippen LogP) is 0.351. The minimum atomic E-state index is 0.738. The fourth-order valence-corrected chi connectivity index (χ4v) is 2.42. The van der Waals surface area contributed by atoms with Crippen molar-refractivity contribution in [2.75, 3.05) is 12.3 Å². The summed E-state index contributed by atoms with van der Waals surface area (Å²) in [5, 5.41) is 12.1. The molecule has 0 aliphatic carbocycles. The summed E-state index contributed by atoms with van der Waals surface area (Å²) in [6, 6.07) is 6.12. The van der Waals surface area contributed by atoms with Gasteiger partial charge in [-0.3, -0.25) is 4.90 Å². The van der Waals surface area contributed by atoms with Crippen LogP contribution in [0.2, 0.25) is 0 Å². The molecule has 2 N–H and O–H groups in total. The molecule has 1 aliphatic rings. The minimum Gasteiger partial charge on any atom is -0.398 e. The number of hydrogen-bond donors (Lipinski definition) is 1. The molecule has 0 saturated heterocycles. The molecule has 0 amide bonds. The van der Waals surface area contributed by atoms with Gasteiger partial charge in [0.2, 0.25) is 0 Å². The molecule has 18 heavy (non-hydrogen) atoms. The van der Waals surface area contributed by atoms with Crippen molar-refractivity contribution in [1.82, 2.24) is 25.1 Å². The van der Waals surface area contributed by atoms with E-state index in [0.717, 1.165) is 37.6 Å². The van der Waals surface area contributed by atoms with Gasteiger partial charge in [-0.1, -0.05) is 12.1 Å². The molecule has 0 radical (unpaired) electrons. The maximum Gasteiger partial charge on any atom is 0.188 e. The molecule has 2 heterocycles. The van der Waals surface area contributed by atoms with Gasteiger partial charge in [0.05, 0.1) is 13.6 Å². The SMILES string of the molecule is Cn1nnc(CN2CCc3c(N)cccc3C2)n1. The number of benzene rings is 1. The van der Waals surface area contributed by atoms with E-state index in [4.69, 9.17) is 5.73 Å². The summed E-state index contributed by atoms with van der Waals surface area (Å²) >= 11 is 0. The average Bonchev–Trinajstić information content (AvgIpc) is 2.75. The zero-order valence-corrected chi connectivity index (χ0v) is 10.4. The number of hydrogen-bond acceptors (Lipinski definition) is 5. The Labute approximate surface area is 105 Å². The lowest BCUT2D eigenvalue weighted by Crippen LogP contribution is -2.31. The maximum absolute atomic E-state index is 5.99. The third-order valence-corrected chi connectivity index (χ3v) is 3.30. The highest BCUT2D eigenvalue weighted by Crippen LogP contribution is 2.24. The van der Waals surface area contributed by atoms with Crippen LogP contribution in [0.1, 0.15) is 17.0 Å². The Morgan fingerprint density at radius 3 is 3.06 bits per heavy atom. The molecule has 0 spiro atoms. The first-order valence-corrected chi connectivity index (χ1v) is 6.04. The third-order valence-electron chi connectivity index (χ3n) is 3.30. The number of tetrazole rings is 1. The molecule has 1 aliphatic heterocycles. The van der Waals surface area contributed by atoms with Crippen molar-refractivity contribution in [3.63, 3.8) is 0 Å². The van der Waals surface area contributed by atoms with E-state index in [0.29, 0.717) is 0 Å². The maximum atomic E-state index is 5.99. The van der Waals surface area contributed by atoms with E-state index in [-0.39, 0.29) is 0 Å². The monoisotopic (exact) mass is 244 g/mol. The molecule has 2 aromatic rings. The molecule has 0 saturated carbocycles. The number of aromatic nitrogens is 4. The average molecular weight is 244 g/mol.